The van der Waals surface area contributed by atoms with Crippen LogP contribution in [0, 0.1) is 13.8 Å². The lowest BCUT2D eigenvalue weighted by Gasteiger charge is -2.12. The summed E-state index contributed by atoms with van der Waals surface area (Å²) in [6.07, 6.45) is 8.54. The van der Waals surface area contributed by atoms with Gasteiger partial charge in [0.25, 0.3) is 0 Å². The van der Waals surface area contributed by atoms with Gasteiger partial charge < -0.3 is 21.3 Å². The van der Waals surface area contributed by atoms with Crippen LogP contribution in [0.1, 0.15) is 36.8 Å². The minimum atomic E-state index is 0.556. The van der Waals surface area contributed by atoms with Gasteiger partial charge in [-0.25, -0.2) is 9.97 Å². The van der Waals surface area contributed by atoms with Crippen molar-refractivity contribution in [3.63, 3.8) is 0 Å². The molecule has 2 saturated carbocycles. The summed E-state index contributed by atoms with van der Waals surface area (Å²) in [5.41, 5.74) is 3.95. The van der Waals surface area contributed by atoms with Gasteiger partial charge in [0, 0.05) is 47.0 Å². The molecular formula is C22H26N8. The van der Waals surface area contributed by atoms with E-state index in [0.29, 0.717) is 24.0 Å². The summed E-state index contributed by atoms with van der Waals surface area (Å²) in [6, 6.07) is 9.05. The first-order valence-electron chi connectivity index (χ1n) is 10.5. The van der Waals surface area contributed by atoms with Gasteiger partial charge in [0.05, 0.1) is 0 Å². The normalized spacial score (nSPS) is 15.5. The highest BCUT2D eigenvalue weighted by Crippen LogP contribution is 2.27. The molecule has 2 heterocycles. The fourth-order valence-corrected chi connectivity index (χ4v) is 3.03. The Hall–Kier alpha value is -3.42. The maximum atomic E-state index is 4.61. The Balaban J connectivity index is 1.24. The third kappa shape index (κ3) is 4.59. The second-order valence-corrected chi connectivity index (χ2v) is 8.12. The molecule has 0 amide bonds. The van der Waals surface area contributed by atoms with Gasteiger partial charge in [0.15, 0.2) is 0 Å². The third-order valence-corrected chi connectivity index (χ3v) is 5.18. The highest BCUT2D eigenvalue weighted by Gasteiger charge is 2.23. The molecule has 0 spiro atoms. The summed E-state index contributed by atoms with van der Waals surface area (Å²) in [7, 11) is 0. The largest absolute Gasteiger partial charge is 0.367 e. The molecule has 0 saturated heterocycles. The molecule has 4 N–H and O–H groups in total. The Morgan fingerprint density at radius 1 is 0.667 bits per heavy atom. The van der Waals surface area contributed by atoms with Gasteiger partial charge in [-0.3, -0.25) is 0 Å². The minimum Gasteiger partial charge on any atom is -0.367 e. The zero-order valence-electron chi connectivity index (χ0n) is 17.2. The van der Waals surface area contributed by atoms with Crippen molar-refractivity contribution in [3.05, 3.63) is 47.8 Å². The Morgan fingerprint density at radius 2 is 1.07 bits per heavy atom. The summed E-state index contributed by atoms with van der Waals surface area (Å²) >= 11 is 0. The SMILES string of the molecule is Cc1cnc(Nc2ccc(Nc3ncc(C)c(NC4CC4)n3)cc2)nc1NC1CC1. The van der Waals surface area contributed by atoms with E-state index in [1.54, 1.807) is 0 Å². The second-order valence-electron chi connectivity index (χ2n) is 8.12. The average molecular weight is 403 g/mol. The van der Waals surface area contributed by atoms with Gasteiger partial charge in [0.2, 0.25) is 11.9 Å². The van der Waals surface area contributed by atoms with Crippen LogP contribution in [0.15, 0.2) is 36.7 Å². The summed E-state index contributed by atoms with van der Waals surface area (Å²) in [5, 5.41) is 13.4. The molecule has 2 aromatic heterocycles. The Labute approximate surface area is 176 Å². The minimum absolute atomic E-state index is 0.556. The zero-order valence-corrected chi connectivity index (χ0v) is 17.2. The predicted molar refractivity (Wildman–Crippen MR) is 120 cm³/mol. The van der Waals surface area contributed by atoms with Crippen molar-refractivity contribution < 1.29 is 0 Å². The van der Waals surface area contributed by atoms with Gasteiger partial charge >= 0.3 is 0 Å². The zero-order chi connectivity index (χ0) is 20.5. The van der Waals surface area contributed by atoms with Crippen molar-refractivity contribution in [2.45, 2.75) is 51.6 Å². The summed E-state index contributed by atoms with van der Waals surface area (Å²) in [6.45, 7) is 4.04. The standard InChI is InChI=1S/C22H26N8/c1-13-11-23-21(29-19(13)25-15-3-4-15)27-17-7-9-18(10-8-17)28-22-24-12-14(2)20(30-22)26-16-5-6-16/h7-12,15-16H,3-6H2,1-2H3,(H2,23,25,27,29)(H2,24,26,28,30). The number of benzene rings is 1. The van der Waals surface area contributed by atoms with E-state index in [2.05, 4.69) is 41.2 Å². The van der Waals surface area contributed by atoms with Crippen LogP contribution in [0.2, 0.25) is 0 Å². The second kappa shape index (κ2) is 7.78. The first-order chi connectivity index (χ1) is 14.6. The molecule has 1 aromatic carbocycles. The quantitative estimate of drug-likeness (QED) is 0.436. The molecule has 154 valence electrons. The molecule has 5 rings (SSSR count). The smallest absolute Gasteiger partial charge is 0.229 e. The lowest BCUT2D eigenvalue weighted by atomic mass is 10.3. The van der Waals surface area contributed by atoms with E-state index < -0.39 is 0 Å². The van der Waals surface area contributed by atoms with Crippen LogP contribution in [-0.2, 0) is 0 Å². The Bertz CT molecular complexity index is 957. The number of nitrogens with one attached hydrogen (secondary N) is 4. The fourth-order valence-electron chi connectivity index (χ4n) is 3.03. The summed E-state index contributed by atoms with van der Waals surface area (Å²) in [4.78, 5) is 18.0. The third-order valence-electron chi connectivity index (χ3n) is 5.18. The van der Waals surface area contributed by atoms with Gasteiger partial charge in [-0.2, -0.15) is 9.97 Å². The van der Waals surface area contributed by atoms with E-state index in [1.807, 2.05) is 50.5 Å². The first-order valence-corrected chi connectivity index (χ1v) is 10.5. The van der Waals surface area contributed by atoms with Crippen LogP contribution in [0.5, 0.6) is 0 Å². The van der Waals surface area contributed by atoms with E-state index in [0.717, 1.165) is 34.1 Å². The predicted octanol–water partition coefficient (Wildman–Crippen LogP) is 4.52. The molecule has 8 nitrogen and oxygen atoms in total. The van der Waals surface area contributed by atoms with Crippen molar-refractivity contribution in [1.82, 2.24) is 19.9 Å². The van der Waals surface area contributed by atoms with Crippen LogP contribution in [-0.4, -0.2) is 32.0 Å². The Morgan fingerprint density at radius 3 is 1.43 bits per heavy atom. The summed E-state index contributed by atoms with van der Waals surface area (Å²) in [5.74, 6) is 2.98. The fraction of sp³-hybridized carbons (Fsp3) is 0.364. The van der Waals surface area contributed by atoms with Crippen LogP contribution >= 0.6 is 0 Å². The number of hydrogen-bond acceptors (Lipinski definition) is 8. The molecule has 8 heteroatoms. The van der Waals surface area contributed by atoms with Gasteiger partial charge in [0.1, 0.15) is 11.6 Å². The number of aryl methyl sites for hydroxylation is 2. The highest BCUT2D eigenvalue weighted by molar-refractivity contribution is 5.63. The Kier molecular flexibility index (Phi) is 4.82. The number of rotatable bonds is 8. The molecule has 30 heavy (non-hydrogen) atoms. The van der Waals surface area contributed by atoms with E-state index in [1.165, 1.54) is 25.7 Å². The van der Waals surface area contributed by atoms with E-state index >= 15 is 0 Å². The van der Waals surface area contributed by atoms with Crippen molar-refractivity contribution in [3.8, 4) is 0 Å². The number of nitrogens with zero attached hydrogens (tertiary/aromatic N) is 4. The highest BCUT2D eigenvalue weighted by atomic mass is 15.2. The number of hydrogen-bond donors (Lipinski definition) is 4. The monoisotopic (exact) mass is 402 g/mol. The van der Waals surface area contributed by atoms with Crippen molar-refractivity contribution in [2.24, 2.45) is 0 Å². The van der Waals surface area contributed by atoms with E-state index in [9.17, 15) is 0 Å². The molecule has 0 radical (unpaired) electrons. The average Bonchev–Trinajstić information content (AvgIpc) is 3.65. The molecule has 0 aliphatic heterocycles. The number of anilines is 6. The van der Waals surface area contributed by atoms with Crippen molar-refractivity contribution in [1.29, 1.82) is 0 Å². The lowest BCUT2D eigenvalue weighted by molar-refractivity contribution is 1.06. The molecule has 0 bridgehead atoms. The van der Waals surface area contributed by atoms with Gasteiger partial charge in [-0.1, -0.05) is 0 Å². The first kappa shape index (κ1) is 18.6. The molecule has 2 fully saturated rings. The molecule has 2 aliphatic rings. The van der Waals surface area contributed by atoms with E-state index in [-0.39, 0.29) is 0 Å². The summed E-state index contributed by atoms with van der Waals surface area (Å²) < 4.78 is 0. The maximum Gasteiger partial charge on any atom is 0.229 e. The molecule has 0 unspecified atom stereocenters. The van der Waals surface area contributed by atoms with Crippen molar-refractivity contribution >= 4 is 34.9 Å². The van der Waals surface area contributed by atoms with Crippen molar-refractivity contribution in [2.75, 3.05) is 21.3 Å². The van der Waals surface area contributed by atoms with Crippen LogP contribution in [0.4, 0.5) is 34.9 Å². The molecule has 3 aromatic rings. The van der Waals surface area contributed by atoms with Gasteiger partial charge in [-0.05, 0) is 63.8 Å². The van der Waals surface area contributed by atoms with Crippen LogP contribution < -0.4 is 21.3 Å². The molecule has 2 aliphatic carbocycles. The lowest BCUT2D eigenvalue weighted by Crippen LogP contribution is -2.08. The van der Waals surface area contributed by atoms with Crippen LogP contribution in [0.3, 0.4) is 0 Å². The molecule has 0 atom stereocenters. The maximum absolute atomic E-state index is 4.61. The molecular weight excluding hydrogens is 376 g/mol. The topological polar surface area (TPSA) is 99.7 Å². The van der Waals surface area contributed by atoms with Gasteiger partial charge in [-0.15, -0.1) is 0 Å². The van der Waals surface area contributed by atoms with Crippen LogP contribution in [0.25, 0.3) is 0 Å². The van der Waals surface area contributed by atoms with E-state index in [4.69, 9.17) is 0 Å². The number of aromatic nitrogens is 4.